The number of amides is 2. The fraction of sp³-hybridized carbons (Fsp3) is 0.949. The molecular formula is C39H80N3O3+. The summed E-state index contributed by atoms with van der Waals surface area (Å²) in [5.41, 5.74) is 0. The Labute approximate surface area is 281 Å². The van der Waals surface area contributed by atoms with E-state index in [1.807, 2.05) is 13.8 Å². The highest BCUT2D eigenvalue weighted by molar-refractivity contribution is 5.76. The third kappa shape index (κ3) is 30.0. The monoisotopic (exact) mass is 639 g/mol. The molecule has 0 spiro atoms. The van der Waals surface area contributed by atoms with Gasteiger partial charge in [-0.15, -0.1) is 0 Å². The fourth-order valence-electron chi connectivity index (χ4n) is 6.19. The van der Waals surface area contributed by atoms with Gasteiger partial charge in [0, 0.05) is 12.8 Å². The predicted molar refractivity (Wildman–Crippen MR) is 194 cm³/mol. The SMILES string of the molecule is CCCCCCCCCCCCCCCC(=O)NCC[N+](O)(CCNC(=O)CCCCCCCCCCCCCCC)C(C)C. The van der Waals surface area contributed by atoms with E-state index < -0.39 is 0 Å². The van der Waals surface area contributed by atoms with Crippen LogP contribution in [-0.2, 0) is 9.59 Å². The molecule has 0 aliphatic carbocycles. The van der Waals surface area contributed by atoms with Gasteiger partial charge in [-0.2, -0.15) is 4.65 Å². The minimum atomic E-state index is -0.141. The average molecular weight is 639 g/mol. The first kappa shape index (κ1) is 43.9. The van der Waals surface area contributed by atoms with Gasteiger partial charge in [0.25, 0.3) is 0 Å². The lowest BCUT2D eigenvalue weighted by Crippen LogP contribution is -2.56. The fourth-order valence-corrected chi connectivity index (χ4v) is 6.19. The van der Waals surface area contributed by atoms with E-state index >= 15 is 0 Å². The van der Waals surface area contributed by atoms with Crippen molar-refractivity contribution in [3.63, 3.8) is 0 Å². The van der Waals surface area contributed by atoms with Crippen LogP contribution in [0.4, 0.5) is 0 Å². The quantitative estimate of drug-likeness (QED) is 0.0367. The summed E-state index contributed by atoms with van der Waals surface area (Å²) in [6.07, 6.45) is 35.0. The van der Waals surface area contributed by atoms with E-state index in [0.29, 0.717) is 39.0 Å². The van der Waals surface area contributed by atoms with Crippen molar-refractivity contribution in [1.29, 1.82) is 0 Å². The van der Waals surface area contributed by atoms with Gasteiger partial charge >= 0.3 is 0 Å². The van der Waals surface area contributed by atoms with Crippen LogP contribution in [0, 0.1) is 0 Å². The van der Waals surface area contributed by atoms with E-state index in [-0.39, 0.29) is 22.5 Å². The van der Waals surface area contributed by atoms with Crippen LogP contribution in [0.3, 0.4) is 0 Å². The van der Waals surface area contributed by atoms with Crippen molar-refractivity contribution >= 4 is 11.8 Å². The van der Waals surface area contributed by atoms with Crippen molar-refractivity contribution in [2.75, 3.05) is 26.2 Å². The molecule has 0 saturated carbocycles. The van der Waals surface area contributed by atoms with Gasteiger partial charge in [0.05, 0.1) is 13.1 Å². The Morgan fingerprint density at radius 3 is 0.956 bits per heavy atom. The van der Waals surface area contributed by atoms with Gasteiger partial charge in [-0.3, -0.25) is 9.59 Å². The Morgan fingerprint density at radius 2 is 0.711 bits per heavy atom. The van der Waals surface area contributed by atoms with Crippen LogP contribution in [0.5, 0.6) is 0 Å². The first-order chi connectivity index (χ1) is 21.9. The molecule has 45 heavy (non-hydrogen) atoms. The number of hydroxylamine groups is 3. The number of hydrogen-bond donors (Lipinski definition) is 3. The highest BCUT2D eigenvalue weighted by Gasteiger charge is 2.29. The van der Waals surface area contributed by atoms with E-state index in [0.717, 1.165) is 25.7 Å². The van der Waals surface area contributed by atoms with Crippen LogP contribution in [0.25, 0.3) is 0 Å². The summed E-state index contributed by atoms with van der Waals surface area (Å²) < 4.78 is -0.141. The molecule has 0 bridgehead atoms. The van der Waals surface area contributed by atoms with E-state index in [1.165, 1.54) is 141 Å². The molecule has 0 rings (SSSR count). The minimum Gasteiger partial charge on any atom is -0.350 e. The number of carbonyl (C=O) groups is 2. The summed E-state index contributed by atoms with van der Waals surface area (Å²) >= 11 is 0. The van der Waals surface area contributed by atoms with E-state index in [9.17, 15) is 14.8 Å². The third-order valence-corrected chi connectivity index (χ3v) is 9.62. The first-order valence-corrected chi connectivity index (χ1v) is 20.0. The van der Waals surface area contributed by atoms with Crippen LogP contribution < -0.4 is 10.6 Å². The zero-order chi connectivity index (χ0) is 33.3. The van der Waals surface area contributed by atoms with Crippen molar-refractivity contribution in [1.82, 2.24) is 10.6 Å². The average Bonchev–Trinajstić information content (AvgIpc) is 3.01. The van der Waals surface area contributed by atoms with Gasteiger partial charge in [-0.05, 0) is 26.7 Å². The lowest BCUT2D eigenvalue weighted by Gasteiger charge is -2.34. The largest absolute Gasteiger partial charge is 0.350 e. The van der Waals surface area contributed by atoms with E-state index in [4.69, 9.17) is 0 Å². The van der Waals surface area contributed by atoms with E-state index in [1.54, 1.807) is 0 Å². The molecule has 0 radical (unpaired) electrons. The Hall–Kier alpha value is -1.14. The summed E-state index contributed by atoms with van der Waals surface area (Å²) in [4.78, 5) is 24.6. The summed E-state index contributed by atoms with van der Waals surface area (Å²) in [5, 5.41) is 17.2. The minimum absolute atomic E-state index is 0.000852. The van der Waals surface area contributed by atoms with Crippen LogP contribution >= 0.6 is 0 Å². The maximum absolute atomic E-state index is 12.3. The summed E-state index contributed by atoms with van der Waals surface area (Å²) in [5.74, 6) is 0.166. The molecule has 0 saturated heterocycles. The molecule has 0 aromatic heterocycles. The highest BCUT2D eigenvalue weighted by Crippen LogP contribution is 2.14. The number of nitrogens with one attached hydrogen (secondary N) is 2. The second-order valence-corrected chi connectivity index (χ2v) is 14.2. The van der Waals surface area contributed by atoms with Gasteiger partial charge in [0.2, 0.25) is 11.8 Å². The molecule has 0 fully saturated rings. The molecule has 0 heterocycles. The normalized spacial score (nSPS) is 11.8. The maximum Gasteiger partial charge on any atom is 0.220 e. The Morgan fingerprint density at radius 1 is 0.467 bits per heavy atom. The summed E-state index contributed by atoms with van der Waals surface area (Å²) in [6.45, 7) is 10.3. The Balaban J connectivity index is 3.74. The molecule has 6 heteroatoms. The molecule has 3 N–H and O–H groups in total. The number of unbranched alkanes of at least 4 members (excludes halogenated alkanes) is 24. The molecule has 268 valence electrons. The maximum atomic E-state index is 12.3. The lowest BCUT2D eigenvalue weighted by molar-refractivity contribution is -1.12. The Kier molecular flexibility index (Phi) is 32.0. The van der Waals surface area contributed by atoms with Crippen LogP contribution in [-0.4, -0.2) is 53.9 Å². The molecule has 0 aliphatic rings. The zero-order valence-corrected chi connectivity index (χ0v) is 30.9. The molecule has 6 nitrogen and oxygen atoms in total. The van der Waals surface area contributed by atoms with Crippen LogP contribution in [0.2, 0.25) is 0 Å². The zero-order valence-electron chi connectivity index (χ0n) is 30.9. The first-order valence-electron chi connectivity index (χ1n) is 20.0. The molecule has 0 unspecified atom stereocenters. The van der Waals surface area contributed by atoms with Crippen molar-refractivity contribution in [3.05, 3.63) is 0 Å². The van der Waals surface area contributed by atoms with Gasteiger partial charge in [-0.1, -0.05) is 168 Å². The highest BCUT2D eigenvalue weighted by atomic mass is 16.5. The number of quaternary nitrogens is 1. The van der Waals surface area contributed by atoms with Gasteiger partial charge < -0.3 is 10.6 Å². The topological polar surface area (TPSA) is 78.4 Å². The third-order valence-electron chi connectivity index (χ3n) is 9.62. The van der Waals surface area contributed by atoms with Crippen molar-refractivity contribution in [2.24, 2.45) is 0 Å². The second-order valence-electron chi connectivity index (χ2n) is 14.2. The van der Waals surface area contributed by atoms with Gasteiger partial charge in [0.15, 0.2) is 0 Å². The van der Waals surface area contributed by atoms with Gasteiger partial charge in [-0.25, -0.2) is 5.21 Å². The van der Waals surface area contributed by atoms with Gasteiger partial charge in [0.1, 0.15) is 19.1 Å². The smallest absolute Gasteiger partial charge is 0.220 e. The Bertz CT molecular complexity index is 607. The van der Waals surface area contributed by atoms with Crippen molar-refractivity contribution < 1.29 is 19.4 Å². The number of carbonyl (C=O) groups excluding carboxylic acids is 2. The number of hydrogen-bond acceptors (Lipinski definition) is 3. The molecule has 0 aromatic carbocycles. The van der Waals surface area contributed by atoms with Crippen LogP contribution in [0.15, 0.2) is 0 Å². The number of nitrogens with zero attached hydrogens (tertiary/aromatic N) is 1. The molecule has 0 aliphatic heterocycles. The second kappa shape index (κ2) is 32.8. The molecular weight excluding hydrogens is 558 g/mol. The summed E-state index contributed by atoms with van der Waals surface area (Å²) in [6, 6.07) is 0.000852. The van der Waals surface area contributed by atoms with Crippen molar-refractivity contribution in [3.8, 4) is 0 Å². The van der Waals surface area contributed by atoms with Crippen LogP contribution in [0.1, 0.15) is 207 Å². The number of rotatable bonds is 35. The summed E-state index contributed by atoms with van der Waals surface area (Å²) in [7, 11) is 0. The molecule has 2 amide bonds. The molecule has 0 atom stereocenters. The standard InChI is InChI=1S/C39H79N3O3/c1-5-7-9-11-13-15-17-19-21-23-25-27-29-31-38(43)40-33-35-42(45,37(3)4)36-34-41-39(44)32-30-28-26-24-22-20-18-16-14-12-10-8-6-2/h37,45H,5-36H2,1-4H3,(H-,40,41,43,44)/p+1. The van der Waals surface area contributed by atoms with E-state index in [2.05, 4.69) is 24.5 Å². The van der Waals surface area contributed by atoms with Crippen molar-refractivity contribution in [2.45, 2.75) is 214 Å². The molecule has 0 aromatic rings. The lowest BCUT2D eigenvalue weighted by atomic mass is 10.0. The predicted octanol–water partition coefficient (Wildman–Crippen LogP) is 10.8.